The van der Waals surface area contributed by atoms with E-state index in [-0.39, 0.29) is 5.92 Å². The number of rotatable bonds is 5. The van der Waals surface area contributed by atoms with E-state index in [1.807, 2.05) is 24.3 Å². The summed E-state index contributed by atoms with van der Waals surface area (Å²) in [6.07, 6.45) is 2.73. The Hall–Kier alpha value is -1.49. The zero-order valence-corrected chi connectivity index (χ0v) is 12.5. The van der Waals surface area contributed by atoms with Gasteiger partial charge in [-0.15, -0.1) is 0 Å². The lowest BCUT2D eigenvalue weighted by Gasteiger charge is -2.11. The van der Waals surface area contributed by atoms with Crippen LogP contribution in [-0.4, -0.2) is 0 Å². The molecule has 0 saturated carbocycles. The van der Waals surface area contributed by atoms with Crippen LogP contribution in [0, 0.1) is 11.3 Å². The fraction of sp³-hybridized carbons (Fsp3) is 0.235. The van der Waals surface area contributed by atoms with Gasteiger partial charge in [-0.3, -0.25) is 0 Å². The summed E-state index contributed by atoms with van der Waals surface area (Å²) < 4.78 is 0. The SMILES string of the molecule is N#CC(CCCc1ccccc1)c1ccc(Cl)cc1Cl. The van der Waals surface area contributed by atoms with Crippen LogP contribution in [-0.2, 0) is 6.42 Å². The normalized spacial score (nSPS) is 11.8. The summed E-state index contributed by atoms with van der Waals surface area (Å²) in [5, 5.41) is 10.5. The molecular formula is C17H15Cl2N. The first-order valence-corrected chi connectivity index (χ1v) is 7.35. The van der Waals surface area contributed by atoms with Crippen molar-refractivity contribution in [3.63, 3.8) is 0 Å². The van der Waals surface area contributed by atoms with Gasteiger partial charge in [0.05, 0.1) is 12.0 Å². The molecule has 3 heteroatoms. The predicted molar refractivity (Wildman–Crippen MR) is 84.2 cm³/mol. The summed E-state index contributed by atoms with van der Waals surface area (Å²) in [7, 11) is 0. The van der Waals surface area contributed by atoms with Gasteiger partial charge < -0.3 is 0 Å². The lowest BCUT2D eigenvalue weighted by Crippen LogP contribution is -1.98. The molecule has 0 spiro atoms. The molecule has 20 heavy (non-hydrogen) atoms. The van der Waals surface area contributed by atoms with E-state index in [4.69, 9.17) is 23.2 Å². The summed E-state index contributed by atoms with van der Waals surface area (Å²) >= 11 is 12.0. The Morgan fingerprint density at radius 2 is 1.80 bits per heavy atom. The Balaban J connectivity index is 1.98. The Kier molecular flexibility index (Phi) is 5.47. The minimum Gasteiger partial charge on any atom is -0.198 e. The van der Waals surface area contributed by atoms with Gasteiger partial charge in [0.25, 0.3) is 0 Å². The summed E-state index contributed by atoms with van der Waals surface area (Å²) in [6, 6.07) is 18.0. The van der Waals surface area contributed by atoms with E-state index in [0.717, 1.165) is 24.8 Å². The molecular weight excluding hydrogens is 289 g/mol. The van der Waals surface area contributed by atoms with Crippen LogP contribution in [0.3, 0.4) is 0 Å². The number of nitriles is 1. The molecule has 0 aliphatic carbocycles. The number of halogens is 2. The molecule has 1 unspecified atom stereocenters. The maximum atomic E-state index is 9.33. The highest BCUT2D eigenvalue weighted by atomic mass is 35.5. The van der Waals surface area contributed by atoms with Gasteiger partial charge in [-0.2, -0.15) is 5.26 Å². The van der Waals surface area contributed by atoms with Crippen molar-refractivity contribution in [2.45, 2.75) is 25.2 Å². The lowest BCUT2D eigenvalue weighted by atomic mass is 9.94. The molecule has 102 valence electrons. The van der Waals surface area contributed by atoms with Crippen molar-refractivity contribution in [1.82, 2.24) is 0 Å². The van der Waals surface area contributed by atoms with Crippen molar-refractivity contribution in [3.05, 3.63) is 69.7 Å². The molecule has 0 amide bonds. The molecule has 2 rings (SSSR count). The van der Waals surface area contributed by atoms with Crippen molar-refractivity contribution in [2.75, 3.05) is 0 Å². The molecule has 0 fully saturated rings. The second-order valence-electron chi connectivity index (χ2n) is 4.73. The number of aryl methyl sites for hydroxylation is 1. The molecule has 1 nitrogen and oxygen atoms in total. The van der Waals surface area contributed by atoms with Gasteiger partial charge in [-0.25, -0.2) is 0 Å². The molecule has 2 aromatic carbocycles. The number of hydrogen-bond donors (Lipinski definition) is 0. The predicted octanol–water partition coefficient (Wildman–Crippen LogP) is 5.62. The molecule has 0 aromatic heterocycles. The second kappa shape index (κ2) is 7.33. The summed E-state index contributed by atoms with van der Waals surface area (Å²) in [5.74, 6) is -0.177. The molecule has 0 heterocycles. The third kappa shape index (κ3) is 4.00. The first kappa shape index (κ1) is 14.9. The highest BCUT2D eigenvalue weighted by Crippen LogP contribution is 2.30. The van der Waals surface area contributed by atoms with E-state index in [2.05, 4.69) is 18.2 Å². The first-order chi connectivity index (χ1) is 9.70. The molecule has 0 aliphatic rings. The average molecular weight is 304 g/mol. The standard InChI is InChI=1S/C17H15Cl2N/c18-15-9-10-16(17(19)11-15)14(12-20)8-4-7-13-5-2-1-3-6-13/h1-3,5-6,9-11,14H,4,7-8H2. The van der Waals surface area contributed by atoms with E-state index in [1.165, 1.54) is 5.56 Å². The van der Waals surface area contributed by atoms with E-state index in [0.29, 0.717) is 10.0 Å². The zero-order valence-electron chi connectivity index (χ0n) is 11.0. The highest BCUT2D eigenvalue weighted by Gasteiger charge is 2.14. The van der Waals surface area contributed by atoms with Crippen molar-refractivity contribution in [3.8, 4) is 6.07 Å². The van der Waals surface area contributed by atoms with Gasteiger partial charge in [0.1, 0.15) is 0 Å². The van der Waals surface area contributed by atoms with Crippen molar-refractivity contribution in [2.24, 2.45) is 0 Å². The van der Waals surface area contributed by atoms with Crippen LogP contribution in [0.25, 0.3) is 0 Å². The van der Waals surface area contributed by atoms with E-state index >= 15 is 0 Å². The Morgan fingerprint density at radius 1 is 1.05 bits per heavy atom. The summed E-state index contributed by atoms with van der Waals surface area (Å²) in [4.78, 5) is 0. The topological polar surface area (TPSA) is 23.8 Å². The largest absolute Gasteiger partial charge is 0.198 e. The van der Waals surface area contributed by atoms with Crippen LogP contribution < -0.4 is 0 Å². The zero-order chi connectivity index (χ0) is 14.4. The Bertz CT molecular complexity index is 602. The number of hydrogen-bond acceptors (Lipinski definition) is 1. The molecule has 1 atom stereocenters. The minimum absolute atomic E-state index is 0.177. The van der Waals surface area contributed by atoms with E-state index in [1.54, 1.807) is 12.1 Å². The van der Waals surface area contributed by atoms with Crippen molar-refractivity contribution < 1.29 is 0 Å². The Morgan fingerprint density at radius 3 is 2.45 bits per heavy atom. The molecule has 0 radical (unpaired) electrons. The van der Waals surface area contributed by atoms with Crippen LogP contribution in [0.5, 0.6) is 0 Å². The number of nitrogens with zero attached hydrogens (tertiary/aromatic N) is 1. The Labute approximate surface area is 129 Å². The molecule has 0 aliphatic heterocycles. The number of benzene rings is 2. The minimum atomic E-state index is -0.177. The van der Waals surface area contributed by atoms with Crippen LogP contribution >= 0.6 is 23.2 Å². The van der Waals surface area contributed by atoms with Gasteiger partial charge in [-0.1, -0.05) is 59.6 Å². The molecule has 0 bridgehead atoms. The van der Waals surface area contributed by atoms with E-state index < -0.39 is 0 Å². The fourth-order valence-corrected chi connectivity index (χ4v) is 2.77. The van der Waals surface area contributed by atoms with Gasteiger partial charge >= 0.3 is 0 Å². The molecule has 0 N–H and O–H groups in total. The van der Waals surface area contributed by atoms with E-state index in [9.17, 15) is 5.26 Å². The second-order valence-corrected chi connectivity index (χ2v) is 5.57. The van der Waals surface area contributed by atoms with Gasteiger partial charge in [-0.05, 0) is 42.5 Å². The van der Waals surface area contributed by atoms with Crippen LogP contribution in [0.4, 0.5) is 0 Å². The molecule has 0 saturated heterocycles. The third-order valence-electron chi connectivity index (χ3n) is 3.29. The fourth-order valence-electron chi connectivity index (χ4n) is 2.23. The van der Waals surface area contributed by atoms with Crippen molar-refractivity contribution in [1.29, 1.82) is 5.26 Å². The summed E-state index contributed by atoms with van der Waals surface area (Å²) in [5.41, 5.74) is 2.16. The van der Waals surface area contributed by atoms with Gasteiger partial charge in [0.15, 0.2) is 0 Å². The van der Waals surface area contributed by atoms with Crippen LogP contribution in [0.2, 0.25) is 10.0 Å². The van der Waals surface area contributed by atoms with Crippen LogP contribution in [0.15, 0.2) is 48.5 Å². The van der Waals surface area contributed by atoms with Crippen molar-refractivity contribution >= 4 is 23.2 Å². The first-order valence-electron chi connectivity index (χ1n) is 6.59. The smallest absolute Gasteiger partial charge is 0.0727 e. The van der Waals surface area contributed by atoms with Crippen LogP contribution in [0.1, 0.15) is 29.9 Å². The highest BCUT2D eigenvalue weighted by molar-refractivity contribution is 6.35. The molecule has 2 aromatic rings. The lowest BCUT2D eigenvalue weighted by molar-refractivity contribution is 0.684. The summed E-state index contributed by atoms with van der Waals surface area (Å²) in [6.45, 7) is 0. The average Bonchev–Trinajstić information content (AvgIpc) is 2.46. The monoisotopic (exact) mass is 303 g/mol. The quantitative estimate of drug-likeness (QED) is 0.703. The van der Waals surface area contributed by atoms with Gasteiger partial charge in [0.2, 0.25) is 0 Å². The maximum Gasteiger partial charge on any atom is 0.0727 e. The maximum absolute atomic E-state index is 9.33. The third-order valence-corrected chi connectivity index (χ3v) is 3.86. The van der Waals surface area contributed by atoms with Gasteiger partial charge in [0, 0.05) is 10.0 Å².